The van der Waals surface area contributed by atoms with Crippen molar-refractivity contribution in [3.05, 3.63) is 84.2 Å². The van der Waals surface area contributed by atoms with Crippen molar-refractivity contribution in [1.82, 2.24) is 10.3 Å². The molecular formula is C25H25F2N3O3. The third kappa shape index (κ3) is 7.10. The third-order valence-corrected chi connectivity index (χ3v) is 4.58. The average molecular weight is 453 g/mol. The van der Waals surface area contributed by atoms with E-state index in [4.69, 9.17) is 4.74 Å². The van der Waals surface area contributed by atoms with Crippen LogP contribution in [0.4, 0.5) is 19.3 Å². The molecule has 1 aromatic heterocycles. The number of anilines is 1. The number of carbonyl (C=O) groups excluding carboxylic acids is 2. The van der Waals surface area contributed by atoms with Gasteiger partial charge in [0, 0.05) is 24.5 Å². The summed E-state index contributed by atoms with van der Waals surface area (Å²) < 4.78 is 32.2. The highest BCUT2D eigenvalue weighted by atomic mass is 19.2. The van der Waals surface area contributed by atoms with Crippen LogP contribution < -0.4 is 10.6 Å². The fourth-order valence-corrected chi connectivity index (χ4v) is 3.11. The van der Waals surface area contributed by atoms with Crippen LogP contribution in [0.5, 0.6) is 0 Å². The normalized spacial score (nSPS) is 12.0. The van der Waals surface area contributed by atoms with Crippen LogP contribution in [0.2, 0.25) is 0 Å². The van der Waals surface area contributed by atoms with Crippen LogP contribution in [0.3, 0.4) is 0 Å². The Hall–Kier alpha value is -3.81. The van der Waals surface area contributed by atoms with Crippen LogP contribution in [0.1, 0.15) is 26.3 Å². The van der Waals surface area contributed by atoms with Gasteiger partial charge in [-0.05, 0) is 73.9 Å². The number of aromatic nitrogens is 1. The zero-order valence-corrected chi connectivity index (χ0v) is 18.6. The van der Waals surface area contributed by atoms with E-state index in [0.29, 0.717) is 11.3 Å². The standard InChI is InChI=1S/C25H25F2N3O3/c1-25(2,3)33-24(32)30-22(14-16-7-8-20(26)21(27)13-16)23(31)29-19-6-4-5-18(15-19)17-9-11-28-12-10-17/h4-13,15,22H,14H2,1-3H3,(H,29,31)(H,30,32)/t22-/m0/s1. The van der Waals surface area contributed by atoms with Crippen molar-refractivity contribution in [1.29, 1.82) is 0 Å². The SMILES string of the molecule is CC(C)(C)OC(=O)N[C@@H](Cc1ccc(F)c(F)c1)C(=O)Nc1cccc(-c2ccncc2)c1. The number of pyridine rings is 1. The summed E-state index contributed by atoms with van der Waals surface area (Å²) in [6.45, 7) is 5.09. The topological polar surface area (TPSA) is 80.3 Å². The summed E-state index contributed by atoms with van der Waals surface area (Å²) in [5, 5.41) is 5.30. The van der Waals surface area contributed by atoms with Crippen LogP contribution in [0.15, 0.2) is 67.0 Å². The number of nitrogens with one attached hydrogen (secondary N) is 2. The fraction of sp³-hybridized carbons (Fsp3) is 0.240. The van der Waals surface area contributed by atoms with Gasteiger partial charge in [-0.3, -0.25) is 9.78 Å². The van der Waals surface area contributed by atoms with E-state index in [9.17, 15) is 18.4 Å². The summed E-state index contributed by atoms with van der Waals surface area (Å²) in [6.07, 6.45) is 2.48. The van der Waals surface area contributed by atoms with Gasteiger partial charge in [0.15, 0.2) is 11.6 Å². The monoisotopic (exact) mass is 453 g/mol. The maximum absolute atomic E-state index is 13.7. The van der Waals surface area contributed by atoms with Crippen molar-refractivity contribution in [3.63, 3.8) is 0 Å². The van der Waals surface area contributed by atoms with Crippen LogP contribution in [-0.2, 0) is 16.0 Å². The van der Waals surface area contributed by atoms with Crippen LogP contribution in [-0.4, -0.2) is 28.6 Å². The number of benzene rings is 2. The predicted octanol–water partition coefficient (Wildman–Crippen LogP) is 5.10. The van der Waals surface area contributed by atoms with E-state index < -0.39 is 35.3 Å². The molecule has 1 heterocycles. The molecule has 0 aliphatic carbocycles. The minimum absolute atomic E-state index is 0.0632. The van der Waals surface area contributed by atoms with Crippen molar-refractivity contribution in [3.8, 4) is 11.1 Å². The van der Waals surface area contributed by atoms with Crippen molar-refractivity contribution in [2.24, 2.45) is 0 Å². The lowest BCUT2D eigenvalue weighted by molar-refractivity contribution is -0.118. The lowest BCUT2D eigenvalue weighted by atomic mass is 10.0. The molecule has 0 fully saturated rings. The molecule has 6 nitrogen and oxygen atoms in total. The van der Waals surface area contributed by atoms with Crippen molar-refractivity contribution >= 4 is 17.7 Å². The molecule has 0 radical (unpaired) electrons. The van der Waals surface area contributed by atoms with Gasteiger partial charge in [-0.2, -0.15) is 0 Å². The summed E-state index contributed by atoms with van der Waals surface area (Å²) in [4.78, 5) is 29.4. The lowest BCUT2D eigenvalue weighted by Gasteiger charge is -2.23. The number of rotatable bonds is 6. The van der Waals surface area contributed by atoms with Gasteiger partial charge < -0.3 is 15.4 Å². The molecule has 0 spiro atoms. The number of halogens is 2. The number of hydrogen-bond acceptors (Lipinski definition) is 4. The summed E-state index contributed by atoms with van der Waals surface area (Å²) in [5.41, 5.74) is 1.87. The highest BCUT2D eigenvalue weighted by molar-refractivity contribution is 5.97. The van der Waals surface area contributed by atoms with Gasteiger partial charge in [-0.15, -0.1) is 0 Å². The molecule has 0 aliphatic rings. The van der Waals surface area contributed by atoms with Crippen molar-refractivity contribution < 1.29 is 23.1 Å². The Morgan fingerprint density at radius 3 is 2.36 bits per heavy atom. The highest BCUT2D eigenvalue weighted by Crippen LogP contribution is 2.22. The summed E-state index contributed by atoms with van der Waals surface area (Å²) in [6, 6.07) is 13.1. The second kappa shape index (κ2) is 10.2. The van der Waals surface area contributed by atoms with E-state index in [2.05, 4.69) is 15.6 Å². The average Bonchev–Trinajstić information content (AvgIpc) is 2.75. The third-order valence-electron chi connectivity index (χ3n) is 4.58. The van der Waals surface area contributed by atoms with E-state index in [1.165, 1.54) is 6.07 Å². The van der Waals surface area contributed by atoms with Crippen molar-refractivity contribution in [2.45, 2.75) is 38.8 Å². The largest absolute Gasteiger partial charge is 0.444 e. The molecule has 0 bridgehead atoms. The molecule has 2 aromatic carbocycles. The summed E-state index contributed by atoms with van der Waals surface area (Å²) >= 11 is 0. The number of carbonyl (C=O) groups is 2. The molecule has 0 saturated carbocycles. The van der Waals surface area contributed by atoms with Gasteiger partial charge in [0.25, 0.3) is 0 Å². The minimum atomic E-state index is -1.09. The Bertz CT molecular complexity index is 1130. The smallest absolute Gasteiger partial charge is 0.408 e. The maximum Gasteiger partial charge on any atom is 0.408 e. The molecule has 0 saturated heterocycles. The molecule has 33 heavy (non-hydrogen) atoms. The van der Waals surface area contributed by atoms with Gasteiger partial charge in [0.1, 0.15) is 11.6 Å². The Labute approximate surface area is 191 Å². The van der Waals surface area contributed by atoms with E-state index in [1.807, 2.05) is 18.2 Å². The molecule has 0 aliphatic heterocycles. The fourth-order valence-electron chi connectivity index (χ4n) is 3.11. The minimum Gasteiger partial charge on any atom is -0.444 e. The quantitative estimate of drug-likeness (QED) is 0.544. The zero-order valence-electron chi connectivity index (χ0n) is 18.6. The van der Waals surface area contributed by atoms with Gasteiger partial charge >= 0.3 is 6.09 Å². The maximum atomic E-state index is 13.7. The molecule has 3 aromatic rings. The van der Waals surface area contributed by atoms with Gasteiger partial charge in [0.05, 0.1) is 0 Å². The zero-order chi connectivity index (χ0) is 24.0. The number of ether oxygens (including phenoxy) is 1. The number of alkyl carbamates (subject to hydrolysis) is 1. The van der Waals surface area contributed by atoms with Crippen LogP contribution in [0.25, 0.3) is 11.1 Å². The molecule has 2 amide bonds. The first-order chi connectivity index (χ1) is 15.6. The second-order valence-corrected chi connectivity index (χ2v) is 8.46. The summed E-state index contributed by atoms with van der Waals surface area (Å²) in [7, 11) is 0. The Balaban J connectivity index is 1.80. The molecule has 172 valence electrons. The highest BCUT2D eigenvalue weighted by Gasteiger charge is 2.25. The van der Waals surface area contributed by atoms with Crippen LogP contribution >= 0.6 is 0 Å². The molecule has 2 N–H and O–H groups in total. The van der Waals surface area contributed by atoms with Crippen molar-refractivity contribution in [2.75, 3.05) is 5.32 Å². The lowest BCUT2D eigenvalue weighted by Crippen LogP contribution is -2.47. The molecule has 1 atom stereocenters. The number of hydrogen-bond donors (Lipinski definition) is 2. The number of amides is 2. The van der Waals surface area contributed by atoms with E-state index in [0.717, 1.165) is 23.3 Å². The summed E-state index contributed by atoms with van der Waals surface area (Å²) in [5.74, 6) is -2.56. The second-order valence-electron chi connectivity index (χ2n) is 8.46. The van der Waals surface area contributed by atoms with E-state index >= 15 is 0 Å². The van der Waals surface area contributed by atoms with Gasteiger partial charge in [0.2, 0.25) is 5.91 Å². The first kappa shape index (κ1) is 23.8. The Kier molecular flexibility index (Phi) is 7.37. The predicted molar refractivity (Wildman–Crippen MR) is 122 cm³/mol. The van der Waals surface area contributed by atoms with E-state index in [-0.39, 0.29) is 6.42 Å². The Morgan fingerprint density at radius 2 is 1.70 bits per heavy atom. The molecule has 0 unspecified atom stereocenters. The number of nitrogens with zero attached hydrogens (tertiary/aromatic N) is 1. The molecular weight excluding hydrogens is 428 g/mol. The molecule has 3 rings (SSSR count). The van der Waals surface area contributed by atoms with Gasteiger partial charge in [-0.25, -0.2) is 13.6 Å². The first-order valence-electron chi connectivity index (χ1n) is 10.4. The van der Waals surface area contributed by atoms with Crippen LogP contribution in [0, 0.1) is 11.6 Å². The van der Waals surface area contributed by atoms with E-state index in [1.54, 1.807) is 51.4 Å². The van der Waals surface area contributed by atoms with Gasteiger partial charge in [-0.1, -0.05) is 18.2 Å². The Morgan fingerprint density at radius 1 is 0.970 bits per heavy atom. The molecule has 8 heteroatoms. The first-order valence-corrected chi connectivity index (χ1v) is 10.4.